The highest BCUT2D eigenvalue weighted by Gasteiger charge is 2.29. The molecule has 0 bridgehead atoms. The fourth-order valence-electron chi connectivity index (χ4n) is 3.14. The van der Waals surface area contributed by atoms with Gasteiger partial charge in [0.1, 0.15) is 0 Å². The SMILES string of the molecule is CC(N)C1CCCCN1C(=O)Cc1ccc2c(c1)OCO2. The van der Waals surface area contributed by atoms with Crippen molar-refractivity contribution >= 4 is 5.91 Å². The summed E-state index contributed by atoms with van der Waals surface area (Å²) in [5.74, 6) is 1.62. The molecule has 1 saturated heterocycles. The van der Waals surface area contributed by atoms with E-state index in [0.717, 1.165) is 42.9 Å². The zero-order valence-electron chi connectivity index (χ0n) is 12.4. The molecule has 2 heterocycles. The van der Waals surface area contributed by atoms with Gasteiger partial charge in [-0.15, -0.1) is 0 Å². The van der Waals surface area contributed by atoms with E-state index < -0.39 is 0 Å². The minimum atomic E-state index is 0.0194. The summed E-state index contributed by atoms with van der Waals surface area (Å²) in [6.07, 6.45) is 3.61. The van der Waals surface area contributed by atoms with Gasteiger partial charge in [-0.25, -0.2) is 0 Å². The maximum Gasteiger partial charge on any atom is 0.231 e. The molecule has 1 aromatic carbocycles. The molecule has 0 aromatic heterocycles. The Kier molecular flexibility index (Phi) is 4.01. The Morgan fingerprint density at radius 1 is 1.38 bits per heavy atom. The van der Waals surface area contributed by atoms with Crippen LogP contribution >= 0.6 is 0 Å². The van der Waals surface area contributed by atoms with Gasteiger partial charge in [-0.2, -0.15) is 0 Å². The van der Waals surface area contributed by atoms with Crippen LogP contribution in [0.4, 0.5) is 0 Å². The molecule has 2 aliphatic heterocycles. The summed E-state index contributed by atoms with van der Waals surface area (Å²) in [7, 11) is 0. The lowest BCUT2D eigenvalue weighted by molar-refractivity contribution is -0.134. The lowest BCUT2D eigenvalue weighted by Gasteiger charge is -2.38. The second-order valence-corrected chi connectivity index (χ2v) is 5.87. The third-order valence-corrected chi connectivity index (χ3v) is 4.27. The maximum absolute atomic E-state index is 12.6. The van der Waals surface area contributed by atoms with Crippen LogP contribution in [0.25, 0.3) is 0 Å². The predicted octanol–water partition coefficient (Wildman–Crippen LogP) is 1.69. The zero-order chi connectivity index (χ0) is 14.8. The number of hydrogen-bond acceptors (Lipinski definition) is 4. The third-order valence-electron chi connectivity index (χ3n) is 4.27. The van der Waals surface area contributed by atoms with Gasteiger partial charge in [0.25, 0.3) is 0 Å². The number of fused-ring (bicyclic) bond motifs is 1. The van der Waals surface area contributed by atoms with E-state index in [-0.39, 0.29) is 24.8 Å². The van der Waals surface area contributed by atoms with Crippen molar-refractivity contribution < 1.29 is 14.3 Å². The summed E-state index contributed by atoms with van der Waals surface area (Å²) in [6.45, 7) is 3.05. The van der Waals surface area contributed by atoms with Gasteiger partial charge in [0.05, 0.1) is 6.42 Å². The molecule has 2 N–H and O–H groups in total. The average Bonchev–Trinajstić information content (AvgIpc) is 2.94. The minimum absolute atomic E-state index is 0.0194. The van der Waals surface area contributed by atoms with Crippen LogP contribution in [0.2, 0.25) is 0 Å². The molecule has 1 aromatic rings. The van der Waals surface area contributed by atoms with Gasteiger partial charge in [-0.05, 0) is 43.9 Å². The Hall–Kier alpha value is -1.75. The summed E-state index contributed by atoms with van der Waals surface area (Å²) in [4.78, 5) is 14.5. The van der Waals surface area contributed by atoms with Crippen LogP contribution in [0.1, 0.15) is 31.7 Å². The number of benzene rings is 1. The highest BCUT2D eigenvalue weighted by atomic mass is 16.7. The van der Waals surface area contributed by atoms with Crippen LogP contribution < -0.4 is 15.2 Å². The van der Waals surface area contributed by atoms with Gasteiger partial charge in [0.15, 0.2) is 11.5 Å². The number of hydrogen-bond donors (Lipinski definition) is 1. The molecule has 0 radical (unpaired) electrons. The first kappa shape index (κ1) is 14.2. The summed E-state index contributed by atoms with van der Waals surface area (Å²) in [6, 6.07) is 5.87. The molecule has 2 atom stereocenters. The van der Waals surface area contributed by atoms with Crippen molar-refractivity contribution in [1.82, 2.24) is 4.90 Å². The van der Waals surface area contributed by atoms with E-state index in [1.54, 1.807) is 0 Å². The Bertz CT molecular complexity index is 530. The van der Waals surface area contributed by atoms with E-state index in [9.17, 15) is 4.79 Å². The first-order chi connectivity index (χ1) is 10.1. The molecule has 114 valence electrons. The van der Waals surface area contributed by atoms with Crippen LogP contribution in [0.15, 0.2) is 18.2 Å². The van der Waals surface area contributed by atoms with Crippen LogP contribution in [0.5, 0.6) is 11.5 Å². The molecule has 1 amide bonds. The van der Waals surface area contributed by atoms with Crippen molar-refractivity contribution in [2.24, 2.45) is 5.73 Å². The molecule has 2 aliphatic rings. The molecule has 0 aliphatic carbocycles. The minimum Gasteiger partial charge on any atom is -0.454 e. The maximum atomic E-state index is 12.6. The van der Waals surface area contributed by atoms with Gasteiger partial charge in [-0.3, -0.25) is 4.79 Å². The summed E-state index contributed by atoms with van der Waals surface area (Å²) in [5.41, 5.74) is 6.99. The van der Waals surface area contributed by atoms with Crippen molar-refractivity contribution in [2.75, 3.05) is 13.3 Å². The van der Waals surface area contributed by atoms with E-state index in [2.05, 4.69) is 0 Å². The van der Waals surface area contributed by atoms with Crippen molar-refractivity contribution in [3.05, 3.63) is 23.8 Å². The number of likely N-dealkylation sites (tertiary alicyclic amines) is 1. The Labute approximate surface area is 125 Å². The van der Waals surface area contributed by atoms with Crippen molar-refractivity contribution in [3.8, 4) is 11.5 Å². The van der Waals surface area contributed by atoms with Crippen molar-refractivity contribution in [3.63, 3.8) is 0 Å². The van der Waals surface area contributed by atoms with Gasteiger partial charge in [-0.1, -0.05) is 6.07 Å². The van der Waals surface area contributed by atoms with E-state index in [1.807, 2.05) is 30.0 Å². The smallest absolute Gasteiger partial charge is 0.231 e. The van der Waals surface area contributed by atoms with Gasteiger partial charge in [0, 0.05) is 18.6 Å². The monoisotopic (exact) mass is 290 g/mol. The van der Waals surface area contributed by atoms with Crippen molar-refractivity contribution in [1.29, 1.82) is 0 Å². The van der Waals surface area contributed by atoms with Gasteiger partial charge < -0.3 is 20.1 Å². The van der Waals surface area contributed by atoms with Crippen molar-refractivity contribution in [2.45, 2.75) is 44.7 Å². The third kappa shape index (κ3) is 2.97. The second-order valence-electron chi connectivity index (χ2n) is 5.87. The molecule has 5 heteroatoms. The number of rotatable bonds is 3. The quantitative estimate of drug-likeness (QED) is 0.920. The number of nitrogens with zero attached hydrogens (tertiary/aromatic N) is 1. The first-order valence-electron chi connectivity index (χ1n) is 7.59. The number of piperidine rings is 1. The molecular weight excluding hydrogens is 268 g/mol. The molecule has 2 unspecified atom stereocenters. The zero-order valence-corrected chi connectivity index (χ0v) is 12.4. The molecule has 3 rings (SSSR count). The van der Waals surface area contributed by atoms with E-state index in [4.69, 9.17) is 15.2 Å². The first-order valence-corrected chi connectivity index (χ1v) is 7.59. The Morgan fingerprint density at radius 3 is 3.00 bits per heavy atom. The topological polar surface area (TPSA) is 64.8 Å². The molecule has 0 spiro atoms. The average molecular weight is 290 g/mol. The number of amides is 1. The van der Waals surface area contributed by atoms with E-state index in [1.165, 1.54) is 0 Å². The van der Waals surface area contributed by atoms with E-state index >= 15 is 0 Å². The molecular formula is C16H22N2O3. The summed E-state index contributed by atoms with van der Waals surface area (Å²) >= 11 is 0. The van der Waals surface area contributed by atoms with Gasteiger partial charge in [0.2, 0.25) is 12.7 Å². The fraction of sp³-hybridized carbons (Fsp3) is 0.562. The molecule has 1 fully saturated rings. The molecule has 0 saturated carbocycles. The number of carbonyl (C=O) groups is 1. The fourth-order valence-corrected chi connectivity index (χ4v) is 3.14. The van der Waals surface area contributed by atoms with Crippen LogP contribution in [-0.4, -0.2) is 36.2 Å². The van der Waals surface area contributed by atoms with Crippen LogP contribution in [0.3, 0.4) is 0 Å². The lowest BCUT2D eigenvalue weighted by atomic mass is 9.96. The number of nitrogens with two attached hydrogens (primary N) is 1. The largest absolute Gasteiger partial charge is 0.454 e. The number of ether oxygens (including phenoxy) is 2. The summed E-state index contributed by atoms with van der Waals surface area (Å²) in [5, 5.41) is 0. The Morgan fingerprint density at radius 2 is 2.19 bits per heavy atom. The van der Waals surface area contributed by atoms with Gasteiger partial charge >= 0.3 is 0 Å². The Balaban J connectivity index is 1.70. The second kappa shape index (κ2) is 5.93. The highest BCUT2D eigenvalue weighted by Crippen LogP contribution is 2.32. The normalized spacial score (nSPS) is 22.2. The lowest BCUT2D eigenvalue weighted by Crippen LogP contribution is -2.52. The standard InChI is InChI=1S/C16H22N2O3/c1-11(17)13-4-2-3-7-18(13)16(19)9-12-5-6-14-15(8-12)21-10-20-14/h5-6,8,11,13H,2-4,7,9-10,17H2,1H3. The molecule has 21 heavy (non-hydrogen) atoms. The van der Waals surface area contributed by atoms with E-state index in [0.29, 0.717) is 6.42 Å². The molecule has 5 nitrogen and oxygen atoms in total. The van der Waals surface area contributed by atoms with Crippen LogP contribution in [-0.2, 0) is 11.2 Å². The number of carbonyl (C=O) groups excluding carboxylic acids is 1. The predicted molar refractivity (Wildman–Crippen MR) is 79.3 cm³/mol. The summed E-state index contributed by atoms with van der Waals surface area (Å²) < 4.78 is 10.6. The highest BCUT2D eigenvalue weighted by molar-refractivity contribution is 5.79. The van der Waals surface area contributed by atoms with Crippen LogP contribution in [0, 0.1) is 0 Å².